The molecule has 4 nitrogen and oxygen atoms in total. The Morgan fingerprint density at radius 1 is 1.12 bits per heavy atom. The van der Waals surface area contributed by atoms with E-state index in [0.29, 0.717) is 13.2 Å². The highest BCUT2D eigenvalue weighted by Gasteiger charge is 2.14. The summed E-state index contributed by atoms with van der Waals surface area (Å²) in [6.07, 6.45) is 0.463. The number of nitrogens with one attached hydrogen (secondary N) is 1. The third-order valence-electron chi connectivity index (χ3n) is 3.77. The zero-order valence-corrected chi connectivity index (χ0v) is 14.5. The fourth-order valence-electron chi connectivity index (χ4n) is 2.24. The first kappa shape index (κ1) is 17.9. The van der Waals surface area contributed by atoms with E-state index in [2.05, 4.69) is 12.2 Å². The standard InChI is InChI=1S/C20H25NO3/c1-4-17-9-11-18(12-10-17)23-14-13-21-20(22)16(3)24-19-8-6-5-7-15(19)2/h5-12,16H,4,13-14H2,1-3H3,(H,21,22)/t16-/m1/s1. The van der Waals surface area contributed by atoms with Crippen molar-refractivity contribution in [3.63, 3.8) is 0 Å². The van der Waals surface area contributed by atoms with Gasteiger partial charge in [-0.15, -0.1) is 0 Å². The highest BCUT2D eigenvalue weighted by Crippen LogP contribution is 2.17. The van der Waals surface area contributed by atoms with E-state index in [1.54, 1.807) is 6.92 Å². The number of para-hydroxylation sites is 1. The summed E-state index contributed by atoms with van der Waals surface area (Å²) in [6, 6.07) is 15.6. The van der Waals surface area contributed by atoms with Gasteiger partial charge in [-0.05, 0) is 49.6 Å². The molecule has 1 atom stereocenters. The molecule has 0 fully saturated rings. The van der Waals surface area contributed by atoms with Crippen LogP contribution in [0.2, 0.25) is 0 Å². The van der Waals surface area contributed by atoms with Crippen molar-refractivity contribution in [3.05, 3.63) is 59.7 Å². The number of rotatable bonds is 8. The van der Waals surface area contributed by atoms with E-state index in [-0.39, 0.29) is 5.91 Å². The third kappa shape index (κ3) is 5.30. The van der Waals surface area contributed by atoms with Crippen LogP contribution in [0.1, 0.15) is 25.0 Å². The molecule has 2 rings (SSSR count). The summed E-state index contributed by atoms with van der Waals surface area (Å²) >= 11 is 0. The second kappa shape index (κ2) is 8.96. The van der Waals surface area contributed by atoms with E-state index >= 15 is 0 Å². The predicted molar refractivity (Wildman–Crippen MR) is 95.6 cm³/mol. The molecule has 128 valence electrons. The Morgan fingerprint density at radius 2 is 1.83 bits per heavy atom. The molecule has 2 aromatic carbocycles. The van der Waals surface area contributed by atoms with Crippen molar-refractivity contribution in [2.24, 2.45) is 0 Å². The Labute approximate surface area is 143 Å². The van der Waals surface area contributed by atoms with Gasteiger partial charge in [-0.1, -0.05) is 37.3 Å². The van der Waals surface area contributed by atoms with Crippen molar-refractivity contribution in [1.82, 2.24) is 5.32 Å². The van der Waals surface area contributed by atoms with E-state index in [1.165, 1.54) is 5.56 Å². The molecule has 0 aliphatic rings. The Bertz CT molecular complexity index is 652. The number of carbonyl (C=O) groups is 1. The summed E-state index contributed by atoms with van der Waals surface area (Å²) in [4.78, 5) is 12.1. The van der Waals surface area contributed by atoms with Crippen molar-refractivity contribution in [2.45, 2.75) is 33.3 Å². The third-order valence-corrected chi connectivity index (χ3v) is 3.77. The minimum absolute atomic E-state index is 0.150. The van der Waals surface area contributed by atoms with E-state index in [0.717, 1.165) is 23.5 Å². The van der Waals surface area contributed by atoms with Crippen LogP contribution in [-0.2, 0) is 11.2 Å². The van der Waals surface area contributed by atoms with E-state index < -0.39 is 6.10 Å². The normalized spacial score (nSPS) is 11.6. The average molecular weight is 327 g/mol. The largest absolute Gasteiger partial charge is 0.492 e. The summed E-state index contributed by atoms with van der Waals surface area (Å²) in [5.41, 5.74) is 2.29. The highest BCUT2D eigenvalue weighted by molar-refractivity contribution is 5.80. The van der Waals surface area contributed by atoms with Gasteiger partial charge in [-0.2, -0.15) is 0 Å². The molecule has 1 amide bonds. The first-order valence-corrected chi connectivity index (χ1v) is 8.32. The quantitative estimate of drug-likeness (QED) is 0.755. The Morgan fingerprint density at radius 3 is 2.50 bits per heavy atom. The summed E-state index contributed by atoms with van der Waals surface area (Å²) in [5, 5.41) is 2.83. The lowest BCUT2D eigenvalue weighted by molar-refractivity contribution is -0.127. The van der Waals surface area contributed by atoms with Crippen LogP contribution in [-0.4, -0.2) is 25.2 Å². The van der Waals surface area contributed by atoms with E-state index in [4.69, 9.17) is 9.47 Å². The van der Waals surface area contributed by atoms with E-state index in [9.17, 15) is 4.79 Å². The monoisotopic (exact) mass is 327 g/mol. The number of aryl methyl sites for hydroxylation is 2. The minimum Gasteiger partial charge on any atom is -0.492 e. The first-order valence-electron chi connectivity index (χ1n) is 8.32. The van der Waals surface area contributed by atoms with Crippen LogP contribution < -0.4 is 14.8 Å². The fourth-order valence-corrected chi connectivity index (χ4v) is 2.24. The topological polar surface area (TPSA) is 47.6 Å². The van der Waals surface area contributed by atoms with Crippen molar-refractivity contribution in [1.29, 1.82) is 0 Å². The van der Waals surface area contributed by atoms with Gasteiger partial charge in [0.05, 0.1) is 6.54 Å². The molecular formula is C20H25NO3. The molecule has 4 heteroatoms. The lowest BCUT2D eigenvalue weighted by Crippen LogP contribution is -2.38. The van der Waals surface area contributed by atoms with Crippen molar-refractivity contribution in [2.75, 3.05) is 13.2 Å². The van der Waals surface area contributed by atoms with Gasteiger partial charge in [-0.3, -0.25) is 4.79 Å². The van der Waals surface area contributed by atoms with Crippen LogP contribution in [0.4, 0.5) is 0 Å². The second-order valence-electron chi connectivity index (χ2n) is 5.66. The molecule has 1 N–H and O–H groups in total. The van der Waals surface area contributed by atoms with Gasteiger partial charge >= 0.3 is 0 Å². The molecule has 24 heavy (non-hydrogen) atoms. The smallest absolute Gasteiger partial charge is 0.260 e. The summed E-state index contributed by atoms with van der Waals surface area (Å²) in [7, 11) is 0. The zero-order valence-electron chi connectivity index (χ0n) is 14.5. The molecule has 0 aliphatic carbocycles. The molecule has 0 unspecified atom stereocenters. The van der Waals surface area contributed by atoms with Crippen molar-refractivity contribution < 1.29 is 14.3 Å². The Balaban J connectivity index is 1.71. The summed E-state index contributed by atoms with van der Waals surface area (Å²) < 4.78 is 11.3. The molecule has 0 saturated carbocycles. The second-order valence-corrected chi connectivity index (χ2v) is 5.66. The van der Waals surface area contributed by atoms with Gasteiger partial charge in [0.1, 0.15) is 18.1 Å². The average Bonchev–Trinajstić information content (AvgIpc) is 2.61. The van der Waals surface area contributed by atoms with Gasteiger partial charge < -0.3 is 14.8 Å². The molecule has 0 spiro atoms. The SMILES string of the molecule is CCc1ccc(OCCNC(=O)[C@@H](C)Oc2ccccc2C)cc1. The number of ether oxygens (including phenoxy) is 2. The Hall–Kier alpha value is -2.49. The molecule has 0 aromatic heterocycles. The van der Waals surface area contributed by atoms with Crippen molar-refractivity contribution >= 4 is 5.91 Å². The molecule has 0 aliphatic heterocycles. The molecule has 0 bridgehead atoms. The van der Waals surface area contributed by atoms with Gasteiger partial charge in [-0.25, -0.2) is 0 Å². The van der Waals surface area contributed by atoms with Crippen LogP contribution in [0, 0.1) is 6.92 Å². The number of amides is 1. The van der Waals surface area contributed by atoms with Gasteiger partial charge in [0, 0.05) is 0 Å². The van der Waals surface area contributed by atoms with Gasteiger partial charge in [0.15, 0.2) is 6.10 Å². The lowest BCUT2D eigenvalue weighted by atomic mass is 10.2. The van der Waals surface area contributed by atoms with Crippen molar-refractivity contribution in [3.8, 4) is 11.5 Å². The number of benzene rings is 2. The molecule has 2 aromatic rings. The van der Waals surface area contributed by atoms with Crippen LogP contribution in [0.25, 0.3) is 0 Å². The molecule has 0 radical (unpaired) electrons. The van der Waals surface area contributed by atoms with Gasteiger partial charge in [0.2, 0.25) is 0 Å². The van der Waals surface area contributed by atoms with Crippen LogP contribution >= 0.6 is 0 Å². The minimum atomic E-state index is -0.546. The summed E-state index contributed by atoms with van der Waals surface area (Å²) in [5.74, 6) is 1.39. The van der Waals surface area contributed by atoms with Gasteiger partial charge in [0.25, 0.3) is 5.91 Å². The number of hydrogen-bond donors (Lipinski definition) is 1. The maximum absolute atomic E-state index is 12.1. The predicted octanol–water partition coefficient (Wildman–Crippen LogP) is 3.52. The number of hydrogen-bond acceptors (Lipinski definition) is 3. The molecule has 0 saturated heterocycles. The molecule has 0 heterocycles. The zero-order chi connectivity index (χ0) is 17.4. The maximum atomic E-state index is 12.1. The summed E-state index contributed by atoms with van der Waals surface area (Å²) in [6.45, 7) is 6.68. The number of carbonyl (C=O) groups excluding carboxylic acids is 1. The van der Waals surface area contributed by atoms with Crippen LogP contribution in [0.3, 0.4) is 0 Å². The molecular weight excluding hydrogens is 302 g/mol. The lowest BCUT2D eigenvalue weighted by Gasteiger charge is -2.16. The van der Waals surface area contributed by atoms with Crippen LogP contribution in [0.15, 0.2) is 48.5 Å². The first-order chi connectivity index (χ1) is 11.6. The maximum Gasteiger partial charge on any atom is 0.260 e. The van der Waals surface area contributed by atoms with E-state index in [1.807, 2.05) is 55.5 Å². The highest BCUT2D eigenvalue weighted by atomic mass is 16.5. The van der Waals surface area contributed by atoms with Crippen LogP contribution in [0.5, 0.6) is 11.5 Å². The Kier molecular flexibility index (Phi) is 6.67. The fraction of sp³-hybridized carbons (Fsp3) is 0.350.